The molecule has 3 nitrogen and oxygen atoms in total. The zero-order chi connectivity index (χ0) is 10.2. The number of nitrogens with zero attached hydrogens (tertiary/aromatic N) is 3. The van der Waals surface area contributed by atoms with Crippen LogP contribution in [0.2, 0.25) is 0 Å². The van der Waals surface area contributed by atoms with Crippen molar-refractivity contribution in [2.45, 2.75) is 27.2 Å². The van der Waals surface area contributed by atoms with Crippen LogP contribution < -0.4 is 0 Å². The van der Waals surface area contributed by atoms with Gasteiger partial charge in [0.2, 0.25) is 0 Å². The number of pyridine rings is 1. The Kier molecular flexibility index (Phi) is 2.02. The molecule has 0 amide bonds. The third-order valence-electron chi connectivity index (χ3n) is 2.09. The van der Waals surface area contributed by atoms with Crippen LogP contribution in [-0.2, 0) is 6.42 Å². The van der Waals surface area contributed by atoms with Gasteiger partial charge in [-0.2, -0.15) is 5.10 Å². The molecule has 0 fully saturated rings. The van der Waals surface area contributed by atoms with Crippen LogP contribution in [0.4, 0.5) is 0 Å². The Morgan fingerprint density at radius 2 is 2.07 bits per heavy atom. The minimum absolute atomic E-state index is 0.278. The summed E-state index contributed by atoms with van der Waals surface area (Å²) in [5.41, 5.74) is 2.42. The van der Waals surface area contributed by atoms with E-state index in [2.05, 4.69) is 36.9 Å². The van der Waals surface area contributed by atoms with E-state index in [1.54, 1.807) is 6.33 Å². The standard InChI is InChI=1S/C11H15N3/c1-11(2,3)7-9-5-4-6-10-12-8-13-14(9)10/h4-6,8H,7H2,1-3H3. The molecular formula is C11H15N3. The van der Waals surface area contributed by atoms with Crippen LogP contribution >= 0.6 is 0 Å². The Hall–Kier alpha value is -1.38. The Labute approximate surface area is 83.8 Å². The first kappa shape index (κ1) is 9.19. The van der Waals surface area contributed by atoms with Crippen molar-refractivity contribution >= 4 is 5.65 Å². The Bertz CT molecular complexity index is 437. The summed E-state index contributed by atoms with van der Waals surface area (Å²) in [5.74, 6) is 0. The van der Waals surface area contributed by atoms with Gasteiger partial charge in [-0.1, -0.05) is 26.8 Å². The highest BCUT2D eigenvalue weighted by Crippen LogP contribution is 2.20. The Balaban J connectivity index is 2.46. The minimum atomic E-state index is 0.278. The maximum absolute atomic E-state index is 4.21. The Morgan fingerprint density at radius 3 is 2.79 bits per heavy atom. The highest BCUT2D eigenvalue weighted by atomic mass is 15.3. The number of rotatable bonds is 1. The monoisotopic (exact) mass is 189 g/mol. The second-order valence-electron chi connectivity index (χ2n) is 4.78. The van der Waals surface area contributed by atoms with Crippen molar-refractivity contribution in [3.63, 3.8) is 0 Å². The third kappa shape index (κ3) is 1.76. The molecule has 74 valence electrons. The first-order valence-corrected chi connectivity index (χ1v) is 4.84. The fraction of sp³-hybridized carbons (Fsp3) is 0.455. The van der Waals surface area contributed by atoms with E-state index in [0.717, 1.165) is 12.1 Å². The molecule has 0 N–H and O–H groups in total. The Morgan fingerprint density at radius 1 is 1.29 bits per heavy atom. The quantitative estimate of drug-likeness (QED) is 0.689. The maximum atomic E-state index is 4.21. The highest BCUT2D eigenvalue weighted by molar-refractivity contribution is 5.37. The van der Waals surface area contributed by atoms with Crippen molar-refractivity contribution in [1.82, 2.24) is 14.6 Å². The molecule has 0 saturated carbocycles. The van der Waals surface area contributed by atoms with Crippen LogP contribution in [0.5, 0.6) is 0 Å². The average Bonchev–Trinajstić information content (AvgIpc) is 2.49. The summed E-state index contributed by atoms with van der Waals surface area (Å²) in [6.07, 6.45) is 2.61. The van der Waals surface area contributed by atoms with Gasteiger partial charge in [0.15, 0.2) is 5.65 Å². The van der Waals surface area contributed by atoms with Gasteiger partial charge in [0.25, 0.3) is 0 Å². The summed E-state index contributed by atoms with van der Waals surface area (Å²) >= 11 is 0. The van der Waals surface area contributed by atoms with E-state index < -0.39 is 0 Å². The molecule has 14 heavy (non-hydrogen) atoms. The smallest absolute Gasteiger partial charge is 0.155 e. The molecule has 0 unspecified atom stereocenters. The van der Waals surface area contributed by atoms with E-state index in [4.69, 9.17) is 0 Å². The summed E-state index contributed by atoms with van der Waals surface area (Å²) < 4.78 is 1.91. The molecule has 0 aliphatic heterocycles. The zero-order valence-electron chi connectivity index (χ0n) is 8.86. The van der Waals surface area contributed by atoms with Crippen LogP contribution in [-0.4, -0.2) is 14.6 Å². The van der Waals surface area contributed by atoms with Crippen LogP contribution in [0, 0.1) is 5.41 Å². The van der Waals surface area contributed by atoms with E-state index in [-0.39, 0.29) is 5.41 Å². The van der Waals surface area contributed by atoms with Gasteiger partial charge in [0.1, 0.15) is 6.33 Å². The maximum Gasteiger partial charge on any atom is 0.155 e. The van der Waals surface area contributed by atoms with Gasteiger partial charge in [-0.05, 0) is 24.0 Å². The van der Waals surface area contributed by atoms with Gasteiger partial charge < -0.3 is 0 Å². The molecule has 0 aliphatic carbocycles. The lowest BCUT2D eigenvalue weighted by Crippen LogP contribution is -2.12. The van der Waals surface area contributed by atoms with Gasteiger partial charge >= 0.3 is 0 Å². The predicted molar refractivity (Wildman–Crippen MR) is 56.1 cm³/mol. The van der Waals surface area contributed by atoms with E-state index in [0.29, 0.717) is 0 Å². The second kappa shape index (κ2) is 3.08. The molecule has 0 spiro atoms. The molecule has 2 rings (SSSR count). The summed E-state index contributed by atoms with van der Waals surface area (Å²) in [4.78, 5) is 4.16. The van der Waals surface area contributed by atoms with Crippen molar-refractivity contribution in [2.24, 2.45) is 5.41 Å². The summed E-state index contributed by atoms with van der Waals surface area (Å²) in [7, 11) is 0. The molecule has 2 aromatic rings. The van der Waals surface area contributed by atoms with E-state index in [1.807, 2.05) is 16.6 Å². The van der Waals surface area contributed by atoms with Crippen LogP contribution in [0.3, 0.4) is 0 Å². The van der Waals surface area contributed by atoms with Gasteiger partial charge in [-0.25, -0.2) is 9.50 Å². The SMILES string of the molecule is CC(C)(C)Cc1cccc2ncnn12. The minimum Gasteiger partial charge on any atom is -0.218 e. The van der Waals surface area contributed by atoms with Gasteiger partial charge in [-0.15, -0.1) is 0 Å². The first-order chi connectivity index (χ1) is 6.56. The van der Waals surface area contributed by atoms with E-state index >= 15 is 0 Å². The number of fused-ring (bicyclic) bond motifs is 1. The van der Waals surface area contributed by atoms with Crippen LogP contribution in [0.15, 0.2) is 24.5 Å². The fourth-order valence-corrected chi connectivity index (χ4v) is 1.58. The molecule has 0 radical (unpaired) electrons. The largest absolute Gasteiger partial charge is 0.218 e. The lowest BCUT2D eigenvalue weighted by Gasteiger charge is -2.18. The molecular weight excluding hydrogens is 174 g/mol. The van der Waals surface area contributed by atoms with E-state index in [1.165, 1.54) is 5.69 Å². The lowest BCUT2D eigenvalue weighted by atomic mass is 9.90. The lowest BCUT2D eigenvalue weighted by molar-refractivity contribution is 0.402. The molecule has 0 aromatic carbocycles. The normalized spacial score (nSPS) is 12.2. The molecule has 0 saturated heterocycles. The average molecular weight is 189 g/mol. The van der Waals surface area contributed by atoms with E-state index in [9.17, 15) is 0 Å². The molecule has 0 atom stereocenters. The molecule has 3 heteroatoms. The van der Waals surface area contributed by atoms with Crippen LogP contribution in [0.1, 0.15) is 26.5 Å². The van der Waals surface area contributed by atoms with Crippen molar-refractivity contribution in [2.75, 3.05) is 0 Å². The van der Waals surface area contributed by atoms with Gasteiger partial charge in [-0.3, -0.25) is 0 Å². The van der Waals surface area contributed by atoms with Gasteiger partial charge in [0.05, 0.1) is 0 Å². The zero-order valence-corrected chi connectivity index (χ0v) is 8.86. The second-order valence-corrected chi connectivity index (χ2v) is 4.78. The molecule has 2 heterocycles. The van der Waals surface area contributed by atoms with Gasteiger partial charge in [0, 0.05) is 5.69 Å². The molecule has 0 aliphatic rings. The summed E-state index contributed by atoms with van der Waals surface area (Å²) in [6.45, 7) is 6.67. The van der Waals surface area contributed by atoms with Crippen molar-refractivity contribution in [1.29, 1.82) is 0 Å². The molecule has 2 aromatic heterocycles. The highest BCUT2D eigenvalue weighted by Gasteiger charge is 2.13. The number of aromatic nitrogens is 3. The molecule has 0 bridgehead atoms. The van der Waals surface area contributed by atoms with Crippen molar-refractivity contribution < 1.29 is 0 Å². The summed E-state index contributed by atoms with van der Waals surface area (Å²) in [5, 5.41) is 4.21. The van der Waals surface area contributed by atoms with Crippen molar-refractivity contribution in [3.05, 3.63) is 30.2 Å². The number of hydrogen-bond acceptors (Lipinski definition) is 2. The predicted octanol–water partition coefficient (Wildman–Crippen LogP) is 2.32. The fourth-order valence-electron chi connectivity index (χ4n) is 1.58. The topological polar surface area (TPSA) is 30.2 Å². The third-order valence-corrected chi connectivity index (χ3v) is 2.09. The number of hydrogen-bond donors (Lipinski definition) is 0. The van der Waals surface area contributed by atoms with Crippen molar-refractivity contribution in [3.8, 4) is 0 Å². The summed E-state index contributed by atoms with van der Waals surface area (Å²) in [6, 6.07) is 6.11. The first-order valence-electron chi connectivity index (χ1n) is 4.84. The van der Waals surface area contributed by atoms with Crippen LogP contribution in [0.25, 0.3) is 5.65 Å².